The highest BCUT2D eigenvalue weighted by atomic mass is 16.3. The summed E-state index contributed by atoms with van der Waals surface area (Å²) in [6.07, 6.45) is 2.43. The maximum atomic E-state index is 12.5. The van der Waals surface area contributed by atoms with Crippen LogP contribution >= 0.6 is 0 Å². The van der Waals surface area contributed by atoms with E-state index >= 15 is 0 Å². The van der Waals surface area contributed by atoms with Gasteiger partial charge in [0, 0.05) is 12.1 Å². The molecule has 0 saturated carbocycles. The molecule has 1 atom stereocenters. The minimum absolute atomic E-state index is 0.0547. The fourth-order valence-corrected chi connectivity index (χ4v) is 3.40. The van der Waals surface area contributed by atoms with Gasteiger partial charge in [0.25, 0.3) is 5.91 Å². The number of rotatable bonds is 6. The fourth-order valence-electron chi connectivity index (χ4n) is 3.40. The van der Waals surface area contributed by atoms with Gasteiger partial charge in [-0.2, -0.15) is 0 Å². The molecule has 0 radical (unpaired) electrons. The zero-order valence-corrected chi connectivity index (χ0v) is 14.7. The third-order valence-electron chi connectivity index (χ3n) is 4.87. The standard InChI is InChI=1S/C21H26N2O2/c1-16-7-9-18(10-8-16)20(23-11-2-3-12-23)14-22-21(25)19-6-4-5-17(13-19)15-24/h4-10,13,20,24H,2-3,11-12,14-15H2,1H3,(H,22,25)/t20-/m0/s1. The van der Waals surface area contributed by atoms with Crippen LogP contribution in [0.2, 0.25) is 0 Å². The normalized spacial score (nSPS) is 15.9. The molecule has 1 saturated heterocycles. The fraction of sp³-hybridized carbons (Fsp3) is 0.381. The first-order chi connectivity index (χ1) is 12.2. The molecule has 2 aromatic rings. The van der Waals surface area contributed by atoms with E-state index in [9.17, 15) is 9.90 Å². The Bertz CT molecular complexity index is 706. The summed E-state index contributed by atoms with van der Waals surface area (Å²) in [5, 5.41) is 12.3. The van der Waals surface area contributed by atoms with Crippen LogP contribution in [0, 0.1) is 6.92 Å². The lowest BCUT2D eigenvalue weighted by Crippen LogP contribution is -2.36. The predicted molar refractivity (Wildman–Crippen MR) is 99.4 cm³/mol. The SMILES string of the molecule is Cc1ccc([C@H](CNC(=O)c2cccc(CO)c2)N2CCCC2)cc1. The summed E-state index contributed by atoms with van der Waals surface area (Å²) in [6, 6.07) is 15.9. The first-order valence-corrected chi connectivity index (χ1v) is 8.96. The van der Waals surface area contributed by atoms with E-state index in [2.05, 4.69) is 41.4 Å². The first-order valence-electron chi connectivity index (χ1n) is 8.96. The molecule has 2 N–H and O–H groups in total. The molecule has 1 heterocycles. The lowest BCUT2D eigenvalue weighted by molar-refractivity contribution is 0.0937. The lowest BCUT2D eigenvalue weighted by atomic mass is 10.0. The predicted octanol–water partition coefficient (Wildman–Crippen LogP) is 3.05. The molecule has 3 rings (SSSR count). The van der Waals surface area contributed by atoms with Gasteiger partial charge in [0.2, 0.25) is 0 Å². The maximum absolute atomic E-state index is 12.5. The zero-order valence-electron chi connectivity index (χ0n) is 14.7. The van der Waals surface area contributed by atoms with Gasteiger partial charge in [-0.05, 0) is 56.1 Å². The van der Waals surface area contributed by atoms with Crippen LogP contribution in [0.4, 0.5) is 0 Å². The molecule has 1 fully saturated rings. The van der Waals surface area contributed by atoms with E-state index in [4.69, 9.17) is 0 Å². The molecule has 2 aromatic carbocycles. The van der Waals surface area contributed by atoms with Crippen molar-refractivity contribution in [3.63, 3.8) is 0 Å². The molecule has 1 aliphatic heterocycles. The van der Waals surface area contributed by atoms with Gasteiger partial charge in [-0.25, -0.2) is 0 Å². The number of carbonyl (C=O) groups is 1. The molecule has 1 amide bonds. The number of hydrogen-bond acceptors (Lipinski definition) is 3. The van der Waals surface area contributed by atoms with Gasteiger partial charge in [0.1, 0.15) is 0 Å². The summed E-state index contributed by atoms with van der Waals surface area (Å²) in [6.45, 7) is 4.78. The molecule has 4 heteroatoms. The lowest BCUT2D eigenvalue weighted by Gasteiger charge is -2.28. The van der Waals surface area contributed by atoms with Crippen molar-refractivity contribution in [1.82, 2.24) is 10.2 Å². The number of nitrogens with one attached hydrogen (secondary N) is 1. The number of aliphatic hydroxyl groups is 1. The Labute approximate surface area is 149 Å². The second-order valence-corrected chi connectivity index (χ2v) is 6.74. The van der Waals surface area contributed by atoms with Crippen molar-refractivity contribution in [2.24, 2.45) is 0 Å². The number of carbonyl (C=O) groups excluding carboxylic acids is 1. The highest BCUT2D eigenvalue weighted by Gasteiger charge is 2.24. The Kier molecular flexibility index (Phi) is 5.84. The van der Waals surface area contributed by atoms with Gasteiger partial charge < -0.3 is 10.4 Å². The average Bonchev–Trinajstić information content (AvgIpc) is 3.17. The van der Waals surface area contributed by atoms with Crippen molar-refractivity contribution in [2.75, 3.05) is 19.6 Å². The van der Waals surface area contributed by atoms with Crippen LogP contribution in [0.25, 0.3) is 0 Å². The van der Waals surface area contributed by atoms with Crippen molar-refractivity contribution in [3.05, 3.63) is 70.8 Å². The van der Waals surface area contributed by atoms with Crippen molar-refractivity contribution in [3.8, 4) is 0 Å². The van der Waals surface area contributed by atoms with E-state index < -0.39 is 0 Å². The number of benzene rings is 2. The number of likely N-dealkylation sites (tertiary alicyclic amines) is 1. The molecule has 0 aliphatic carbocycles. The Morgan fingerprint density at radius 1 is 1.16 bits per heavy atom. The number of nitrogens with zero attached hydrogens (tertiary/aromatic N) is 1. The molecule has 0 spiro atoms. The van der Waals surface area contributed by atoms with Crippen molar-refractivity contribution < 1.29 is 9.90 Å². The minimum Gasteiger partial charge on any atom is -0.392 e. The van der Waals surface area contributed by atoms with E-state index in [1.54, 1.807) is 18.2 Å². The molecular weight excluding hydrogens is 312 g/mol. The van der Waals surface area contributed by atoms with Gasteiger partial charge in [-0.15, -0.1) is 0 Å². The highest BCUT2D eigenvalue weighted by molar-refractivity contribution is 5.94. The van der Waals surface area contributed by atoms with Gasteiger partial charge in [-0.1, -0.05) is 42.0 Å². The van der Waals surface area contributed by atoms with E-state index in [0.29, 0.717) is 12.1 Å². The molecule has 0 aromatic heterocycles. The summed E-state index contributed by atoms with van der Waals surface area (Å²) in [5.41, 5.74) is 3.84. The smallest absolute Gasteiger partial charge is 0.251 e. The summed E-state index contributed by atoms with van der Waals surface area (Å²) in [7, 11) is 0. The van der Waals surface area contributed by atoms with Crippen LogP contribution < -0.4 is 5.32 Å². The van der Waals surface area contributed by atoms with Crippen LogP contribution in [0.1, 0.15) is 45.9 Å². The Balaban J connectivity index is 1.71. The highest BCUT2D eigenvalue weighted by Crippen LogP contribution is 2.25. The van der Waals surface area contributed by atoms with Crippen LogP contribution in [0.15, 0.2) is 48.5 Å². The van der Waals surface area contributed by atoms with Gasteiger partial charge in [0.05, 0.1) is 12.6 Å². The Hall–Kier alpha value is -2.17. The molecule has 132 valence electrons. The van der Waals surface area contributed by atoms with Gasteiger partial charge in [-0.3, -0.25) is 9.69 Å². The molecule has 0 unspecified atom stereocenters. The number of aliphatic hydroxyl groups excluding tert-OH is 1. The maximum Gasteiger partial charge on any atom is 0.251 e. The molecular formula is C21H26N2O2. The second-order valence-electron chi connectivity index (χ2n) is 6.74. The summed E-state index contributed by atoms with van der Waals surface area (Å²) in [4.78, 5) is 15.0. The largest absolute Gasteiger partial charge is 0.392 e. The summed E-state index contributed by atoms with van der Waals surface area (Å²) >= 11 is 0. The van der Waals surface area contributed by atoms with Gasteiger partial charge in [0.15, 0.2) is 0 Å². The van der Waals surface area contributed by atoms with E-state index in [0.717, 1.165) is 18.7 Å². The quantitative estimate of drug-likeness (QED) is 0.851. The number of aryl methyl sites for hydroxylation is 1. The first kappa shape index (κ1) is 17.6. The van der Waals surface area contributed by atoms with E-state index in [-0.39, 0.29) is 18.6 Å². The molecule has 4 nitrogen and oxygen atoms in total. The third-order valence-corrected chi connectivity index (χ3v) is 4.87. The average molecular weight is 338 g/mol. The third kappa shape index (κ3) is 4.47. The zero-order chi connectivity index (χ0) is 17.6. The topological polar surface area (TPSA) is 52.6 Å². The van der Waals surface area contributed by atoms with Gasteiger partial charge >= 0.3 is 0 Å². The van der Waals surface area contributed by atoms with Crippen molar-refractivity contribution >= 4 is 5.91 Å². The van der Waals surface area contributed by atoms with E-state index in [1.165, 1.54) is 24.0 Å². The van der Waals surface area contributed by atoms with Crippen LogP contribution in [0.5, 0.6) is 0 Å². The molecule has 0 bridgehead atoms. The second kappa shape index (κ2) is 8.28. The molecule has 1 aliphatic rings. The Morgan fingerprint density at radius 2 is 1.88 bits per heavy atom. The molecule has 25 heavy (non-hydrogen) atoms. The van der Waals surface area contributed by atoms with Crippen LogP contribution in [-0.4, -0.2) is 35.5 Å². The minimum atomic E-state index is -0.0911. The van der Waals surface area contributed by atoms with E-state index in [1.807, 2.05) is 6.07 Å². The van der Waals surface area contributed by atoms with Crippen molar-refractivity contribution in [1.29, 1.82) is 0 Å². The monoisotopic (exact) mass is 338 g/mol. The number of hydrogen-bond donors (Lipinski definition) is 2. The summed E-state index contributed by atoms with van der Waals surface area (Å²) < 4.78 is 0. The van der Waals surface area contributed by atoms with Crippen molar-refractivity contribution in [2.45, 2.75) is 32.4 Å². The number of amides is 1. The summed E-state index contributed by atoms with van der Waals surface area (Å²) in [5.74, 6) is -0.0911. The Morgan fingerprint density at radius 3 is 2.56 bits per heavy atom. The van der Waals surface area contributed by atoms with Crippen LogP contribution in [-0.2, 0) is 6.61 Å². The van der Waals surface area contributed by atoms with Crippen LogP contribution in [0.3, 0.4) is 0 Å².